The van der Waals surface area contributed by atoms with Crippen LogP contribution < -0.4 is 4.74 Å². The number of halogens is 1. The van der Waals surface area contributed by atoms with Crippen LogP contribution in [0, 0.1) is 24.1 Å². The highest BCUT2D eigenvalue weighted by atomic mass is 19.1. The Morgan fingerprint density at radius 1 is 1.14 bits per heavy atom. The highest BCUT2D eigenvalue weighted by molar-refractivity contribution is 5.56. The number of hydrogen-bond donors (Lipinski definition) is 0. The summed E-state index contributed by atoms with van der Waals surface area (Å²) in [6.45, 7) is 3.76. The van der Waals surface area contributed by atoms with E-state index in [1.54, 1.807) is 13.0 Å². The number of nitrogens with zero attached hydrogens (tertiary/aromatic N) is 1. The number of nitriles is 1. The van der Waals surface area contributed by atoms with Gasteiger partial charge in [0.1, 0.15) is 17.3 Å². The van der Waals surface area contributed by atoms with E-state index in [0.29, 0.717) is 11.3 Å². The van der Waals surface area contributed by atoms with E-state index < -0.39 is 0 Å². The first-order chi connectivity index (χ1) is 10.1. The van der Waals surface area contributed by atoms with E-state index in [9.17, 15) is 9.65 Å². The fourth-order valence-corrected chi connectivity index (χ4v) is 2.72. The summed E-state index contributed by atoms with van der Waals surface area (Å²) in [4.78, 5) is 0. The van der Waals surface area contributed by atoms with E-state index in [4.69, 9.17) is 4.74 Å². The second kappa shape index (κ2) is 5.06. The summed E-state index contributed by atoms with van der Waals surface area (Å²) < 4.78 is 19.3. The van der Waals surface area contributed by atoms with E-state index in [-0.39, 0.29) is 11.7 Å². The number of ether oxygens (including phenoxy) is 1. The second-order valence-electron chi connectivity index (χ2n) is 5.21. The maximum atomic E-state index is 13.6. The first-order valence-electron chi connectivity index (χ1n) is 6.75. The molecule has 0 N–H and O–H groups in total. The highest BCUT2D eigenvalue weighted by Gasteiger charge is 2.29. The molecular formula is C18H14FNO. The molecule has 1 aliphatic heterocycles. The third kappa shape index (κ3) is 2.30. The Balaban J connectivity index is 2.24. The van der Waals surface area contributed by atoms with Crippen LogP contribution in [0.3, 0.4) is 0 Å². The van der Waals surface area contributed by atoms with Gasteiger partial charge in [-0.25, -0.2) is 4.39 Å². The molecule has 21 heavy (non-hydrogen) atoms. The minimum absolute atomic E-state index is 0.282. The minimum atomic E-state index is -0.303. The Kier molecular flexibility index (Phi) is 3.23. The van der Waals surface area contributed by atoms with Gasteiger partial charge < -0.3 is 4.74 Å². The lowest BCUT2D eigenvalue weighted by Gasteiger charge is -2.27. The molecule has 0 aromatic heterocycles. The fourth-order valence-electron chi connectivity index (χ4n) is 2.72. The molecule has 3 rings (SSSR count). The lowest BCUT2D eigenvalue weighted by atomic mass is 9.82. The van der Waals surface area contributed by atoms with Gasteiger partial charge in [0.05, 0.1) is 17.6 Å². The minimum Gasteiger partial charge on any atom is -0.461 e. The largest absolute Gasteiger partial charge is 0.461 e. The zero-order valence-electron chi connectivity index (χ0n) is 11.9. The Morgan fingerprint density at radius 3 is 2.67 bits per heavy atom. The van der Waals surface area contributed by atoms with Crippen LogP contribution in [0.1, 0.15) is 29.5 Å². The van der Waals surface area contributed by atoms with Gasteiger partial charge in [0, 0.05) is 5.56 Å². The number of aryl methyl sites for hydroxylation is 1. The van der Waals surface area contributed by atoms with Gasteiger partial charge in [-0.3, -0.25) is 0 Å². The van der Waals surface area contributed by atoms with Crippen molar-refractivity contribution in [3.8, 4) is 11.8 Å². The lowest BCUT2D eigenvalue weighted by Crippen LogP contribution is -2.15. The van der Waals surface area contributed by atoms with Gasteiger partial charge in [-0.1, -0.05) is 24.3 Å². The summed E-state index contributed by atoms with van der Waals surface area (Å²) in [5.74, 6) is 0.725. The molecule has 2 aromatic rings. The number of allylic oxidation sites excluding steroid dienone is 2. The molecule has 0 spiro atoms. The fraction of sp³-hybridized carbons (Fsp3) is 0.167. The van der Waals surface area contributed by atoms with Gasteiger partial charge in [0.25, 0.3) is 0 Å². The van der Waals surface area contributed by atoms with E-state index >= 15 is 0 Å². The van der Waals surface area contributed by atoms with Crippen LogP contribution in [0.4, 0.5) is 4.39 Å². The van der Waals surface area contributed by atoms with E-state index in [1.165, 1.54) is 12.1 Å². The molecule has 3 heteroatoms. The average molecular weight is 279 g/mol. The highest BCUT2D eigenvalue weighted by Crippen LogP contribution is 2.43. The Morgan fingerprint density at radius 2 is 1.95 bits per heavy atom. The van der Waals surface area contributed by atoms with Crippen LogP contribution in [0.2, 0.25) is 0 Å². The lowest BCUT2D eigenvalue weighted by molar-refractivity contribution is 0.401. The number of benzene rings is 2. The van der Waals surface area contributed by atoms with Crippen LogP contribution in [-0.4, -0.2) is 0 Å². The van der Waals surface area contributed by atoms with E-state index in [2.05, 4.69) is 6.07 Å². The van der Waals surface area contributed by atoms with Crippen LogP contribution in [0.15, 0.2) is 53.8 Å². The maximum absolute atomic E-state index is 13.6. The molecule has 2 aromatic carbocycles. The molecule has 0 fully saturated rings. The summed E-state index contributed by atoms with van der Waals surface area (Å²) in [6, 6.07) is 14.5. The molecule has 1 unspecified atom stereocenters. The van der Waals surface area contributed by atoms with Crippen molar-refractivity contribution in [1.82, 2.24) is 0 Å². The van der Waals surface area contributed by atoms with E-state index in [0.717, 1.165) is 22.4 Å². The van der Waals surface area contributed by atoms with Crippen LogP contribution in [0.25, 0.3) is 0 Å². The van der Waals surface area contributed by atoms with Crippen LogP contribution >= 0.6 is 0 Å². The van der Waals surface area contributed by atoms with Gasteiger partial charge in [-0.05, 0) is 43.2 Å². The van der Waals surface area contributed by atoms with Gasteiger partial charge in [-0.2, -0.15) is 5.26 Å². The molecular weight excluding hydrogens is 265 g/mol. The second-order valence-corrected chi connectivity index (χ2v) is 5.21. The summed E-state index contributed by atoms with van der Waals surface area (Å²) in [5, 5.41) is 9.46. The Hall–Kier alpha value is -2.60. The van der Waals surface area contributed by atoms with E-state index in [1.807, 2.05) is 31.2 Å². The van der Waals surface area contributed by atoms with Crippen molar-refractivity contribution >= 4 is 0 Å². The van der Waals surface area contributed by atoms with Crippen molar-refractivity contribution < 1.29 is 9.13 Å². The summed E-state index contributed by atoms with van der Waals surface area (Å²) in [6.07, 6.45) is 0. The molecule has 0 bridgehead atoms. The topological polar surface area (TPSA) is 33.0 Å². The normalized spacial score (nSPS) is 17.0. The molecule has 104 valence electrons. The van der Waals surface area contributed by atoms with Gasteiger partial charge in [-0.15, -0.1) is 0 Å². The Bertz CT molecular complexity index is 786. The summed E-state index contributed by atoms with van der Waals surface area (Å²) in [7, 11) is 0. The predicted octanol–water partition coefficient (Wildman–Crippen LogP) is 4.46. The van der Waals surface area contributed by atoms with Crippen molar-refractivity contribution in [3.05, 3.63) is 76.3 Å². The molecule has 0 saturated carbocycles. The standard InChI is InChI=1S/C18H14FNO/c1-11-6-7-15-17(8-11)21-12(2)16(10-20)18(15)13-4-3-5-14(19)9-13/h3-9,18H,1-2H3. The smallest absolute Gasteiger partial charge is 0.131 e. The first-order valence-corrected chi connectivity index (χ1v) is 6.75. The Labute approximate surface area is 123 Å². The molecule has 0 aliphatic carbocycles. The number of rotatable bonds is 1. The average Bonchev–Trinajstić information content (AvgIpc) is 2.45. The molecule has 1 atom stereocenters. The van der Waals surface area contributed by atoms with Crippen molar-refractivity contribution in [1.29, 1.82) is 5.26 Å². The molecule has 0 saturated heterocycles. The number of hydrogen-bond acceptors (Lipinski definition) is 2. The molecule has 1 aliphatic rings. The number of fused-ring (bicyclic) bond motifs is 1. The first kappa shape index (κ1) is 13.4. The van der Waals surface area contributed by atoms with Gasteiger partial charge >= 0.3 is 0 Å². The van der Waals surface area contributed by atoms with Gasteiger partial charge in [0.2, 0.25) is 0 Å². The monoisotopic (exact) mass is 279 g/mol. The van der Waals surface area contributed by atoms with Crippen molar-refractivity contribution in [3.63, 3.8) is 0 Å². The molecule has 1 heterocycles. The van der Waals surface area contributed by atoms with Crippen molar-refractivity contribution in [2.24, 2.45) is 0 Å². The van der Waals surface area contributed by atoms with Crippen LogP contribution in [0.5, 0.6) is 5.75 Å². The third-order valence-electron chi connectivity index (χ3n) is 3.71. The van der Waals surface area contributed by atoms with Gasteiger partial charge in [0.15, 0.2) is 0 Å². The zero-order chi connectivity index (χ0) is 15.0. The molecule has 2 nitrogen and oxygen atoms in total. The summed E-state index contributed by atoms with van der Waals surface area (Å²) in [5.41, 5.74) is 3.27. The zero-order valence-corrected chi connectivity index (χ0v) is 11.9. The predicted molar refractivity (Wildman–Crippen MR) is 78.4 cm³/mol. The molecule has 0 amide bonds. The molecule has 0 radical (unpaired) electrons. The maximum Gasteiger partial charge on any atom is 0.131 e. The summed E-state index contributed by atoms with van der Waals surface area (Å²) >= 11 is 0. The third-order valence-corrected chi connectivity index (χ3v) is 3.71. The quantitative estimate of drug-likeness (QED) is 0.772. The van der Waals surface area contributed by atoms with Crippen molar-refractivity contribution in [2.45, 2.75) is 19.8 Å². The van der Waals surface area contributed by atoms with Crippen molar-refractivity contribution in [2.75, 3.05) is 0 Å². The van der Waals surface area contributed by atoms with Crippen LogP contribution in [-0.2, 0) is 0 Å². The SMILES string of the molecule is CC1=C(C#N)C(c2cccc(F)c2)c2ccc(C)cc2O1.